The van der Waals surface area contributed by atoms with Crippen LogP contribution in [0.3, 0.4) is 0 Å². The number of nitriles is 1. The average molecular weight is 592 g/mol. The zero-order valence-electron chi connectivity index (χ0n) is 16.7. The van der Waals surface area contributed by atoms with E-state index in [9.17, 15) is 20.2 Å². The number of nitro benzene ring substituents is 1. The monoisotopic (exact) mass is 589 g/mol. The molecule has 0 atom stereocenters. The van der Waals surface area contributed by atoms with E-state index in [-0.39, 0.29) is 17.9 Å². The van der Waals surface area contributed by atoms with Gasteiger partial charge in [0.15, 0.2) is 0 Å². The van der Waals surface area contributed by atoms with Gasteiger partial charge in [-0.1, -0.05) is 11.6 Å². The summed E-state index contributed by atoms with van der Waals surface area (Å²) in [6.07, 6.45) is 1.46. The first kappa shape index (κ1) is 24.5. The molecule has 0 aromatic heterocycles. The number of halogens is 3. The first-order valence-corrected chi connectivity index (χ1v) is 11.3. The Bertz CT molecular complexity index is 1250. The van der Waals surface area contributed by atoms with Gasteiger partial charge < -0.3 is 10.1 Å². The number of benzene rings is 3. The van der Waals surface area contributed by atoms with Gasteiger partial charge in [0.05, 0.1) is 13.9 Å². The quantitative estimate of drug-likeness (QED) is 0.139. The molecule has 166 valence electrons. The summed E-state index contributed by atoms with van der Waals surface area (Å²) in [7, 11) is 0. The lowest BCUT2D eigenvalue weighted by molar-refractivity contribution is -0.384. The number of ether oxygens (including phenoxy) is 1. The van der Waals surface area contributed by atoms with E-state index >= 15 is 0 Å². The number of amides is 1. The van der Waals surface area contributed by atoms with Gasteiger partial charge in [-0.25, -0.2) is 0 Å². The van der Waals surface area contributed by atoms with Gasteiger partial charge in [-0.3, -0.25) is 14.9 Å². The number of non-ortho nitro benzene ring substituents is 1. The molecule has 1 N–H and O–H groups in total. The smallest absolute Gasteiger partial charge is 0.269 e. The molecule has 0 heterocycles. The van der Waals surface area contributed by atoms with Crippen LogP contribution in [0.5, 0.6) is 5.75 Å². The Morgan fingerprint density at radius 3 is 2.27 bits per heavy atom. The molecule has 0 aliphatic rings. The lowest BCUT2D eigenvalue weighted by Crippen LogP contribution is -2.13. The van der Waals surface area contributed by atoms with Gasteiger partial charge in [0.25, 0.3) is 11.6 Å². The Balaban J connectivity index is 1.74. The fraction of sp³-hybridized carbons (Fsp3) is 0.0435. The molecule has 33 heavy (non-hydrogen) atoms. The van der Waals surface area contributed by atoms with Gasteiger partial charge >= 0.3 is 0 Å². The summed E-state index contributed by atoms with van der Waals surface area (Å²) in [5.41, 5.74) is 1.80. The second kappa shape index (κ2) is 11.1. The molecule has 0 unspecified atom stereocenters. The zero-order valence-corrected chi connectivity index (χ0v) is 20.6. The lowest BCUT2D eigenvalue weighted by Gasteiger charge is -2.12. The first-order chi connectivity index (χ1) is 15.8. The van der Waals surface area contributed by atoms with Crippen molar-refractivity contribution in [2.75, 3.05) is 5.32 Å². The number of nitrogens with zero attached hydrogens (tertiary/aromatic N) is 2. The normalized spacial score (nSPS) is 10.9. The molecule has 7 nitrogen and oxygen atoms in total. The molecule has 0 saturated heterocycles. The van der Waals surface area contributed by atoms with Crippen molar-refractivity contribution in [3.63, 3.8) is 0 Å². The Labute approximate surface area is 211 Å². The van der Waals surface area contributed by atoms with E-state index in [0.29, 0.717) is 31.0 Å². The van der Waals surface area contributed by atoms with Gasteiger partial charge in [-0.15, -0.1) is 0 Å². The Kier molecular flexibility index (Phi) is 8.22. The highest BCUT2D eigenvalue weighted by molar-refractivity contribution is 9.11. The fourth-order valence-electron chi connectivity index (χ4n) is 2.72. The second-order valence-corrected chi connectivity index (χ2v) is 8.80. The minimum atomic E-state index is -0.550. The highest BCUT2D eigenvalue weighted by Gasteiger charge is 2.13. The largest absolute Gasteiger partial charge is 0.487 e. The standard InChI is InChI=1S/C23H14Br2ClN3O4/c24-20-10-15(9-16(12-27)23(30)28-18-5-3-17(26)4-6-18)11-21(25)22(20)33-13-14-1-7-19(8-2-14)29(31)32/h1-11H,13H2,(H,28,30)/b16-9-. The molecule has 10 heteroatoms. The molecule has 1 amide bonds. The third-order valence-corrected chi connectivity index (χ3v) is 5.76. The number of hydrogen-bond acceptors (Lipinski definition) is 5. The lowest BCUT2D eigenvalue weighted by atomic mass is 10.1. The second-order valence-electron chi connectivity index (χ2n) is 6.66. The van der Waals surface area contributed by atoms with Crippen LogP contribution in [-0.4, -0.2) is 10.8 Å². The molecular formula is C23H14Br2ClN3O4. The summed E-state index contributed by atoms with van der Waals surface area (Å²) in [6.45, 7) is 0.192. The number of anilines is 1. The maximum Gasteiger partial charge on any atom is 0.269 e. The molecule has 3 rings (SSSR count). The summed E-state index contributed by atoms with van der Waals surface area (Å²) >= 11 is 12.7. The molecule has 3 aromatic rings. The van der Waals surface area contributed by atoms with Gasteiger partial charge in [0.2, 0.25) is 0 Å². The third-order valence-electron chi connectivity index (χ3n) is 4.33. The predicted octanol–water partition coefficient (Wildman–Crippen LogP) is 6.90. The average Bonchev–Trinajstić information content (AvgIpc) is 2.78. The van der Waals surface area contributed by atoms with E-state index < -0.39 is 10.8 Å². The van der Waals surface area contributed by atoms with Crippen molar-refractivity contribution < 1.29 is 14.5 Å². The summed E-state index contributed by atoms with van der Waals surface area (Å²) < 4.78 is 7.03. The molecule has 0 saturated carbocycles. The van der Waals surface area contributed by atoms with Crippen LogP contribution in [0.25, 0.3) is 6.08 Å². The van der Waals surface area contributed by atoms with Crippen LogP contribution in [0.1, 0.15) is 11.1 Å². The molecule has 0 bridgehead atoms. The molecule has 0 aliphatic carbocycles. The van der Waals surface area contributed by atoms with E-state index in [2.05, 4.69) is 37.2 Å². The van der Waals surface area contributed by atoms with E-state index in [0.717, 1.165) is 5.56 Å². The van der Waals surface area contributed by atoms with E-state index in [1.165, 1.54) is 18.2 Å². The van der Waals surface area contributed by atoms with Crippen LogP contribution < -0.4 is 10.1 Å². The topological polar surface area (TPSA) is 105 Å². The van der Waals surface area contributed by atoms with E-state index in [1.54, 1.807) is 48.5 Å². The molecular weight excluding hydrogens is 578 g/mol. The number of hydrogen-bond donors (Lipinski definition) is 1. The maximum atomic E-state index is 12.5. The number of carbonyl (C=O) groups excluding carboxylic acids is 1. The molecule has 0 spiro atoms. The van der Waals surface area contributed by atoms with E-state index in [1.807, 2.05) is 6.07 Å². The Morgan fingerprint density at radius 2 is 1.73 bits per heavy atom. The number of nitro groups is 1. The first-order valence-electron chi connectivity index (χ1n) is 9.30. The van der Waals surface area contributed by atoms with Crippen LogP contribution in [-0.2, 0) is 11.4 Å². The highest BCUT2D eigenvalue weighted by Crippen LogP contribution is 2.36. The van der Waals surface area contributed by atoms with Crippen LogP contribution in [0.4, 0.5) is 11.4 Å². The minimum Gasteiger partial charge on any atom is -0.487 e. The van der Waals surface area contributed by atoms with Gasteiger partial charge in [-0.05, 0) is 97.6 Å². The van der Waals surface area contributed by atoms with Crippen LogP contribution in [0.15, 0.2) is 75.2 Å². The summed E-state index contributed by atoms with van der Waals surface area (Å²) in [6, 6.07) is 17.9. The van der Waals surface area contributed by atoms with Crippen molar-refractivity contribution in [2.45, 2.75) is 6.61 Å². The summed E-state index contributed by atoms with van der Waals surface area (Å²) in [5.74, 6) is -0.0415. The van der Waals surface area contributed by atoms with Gasteiger partial charge in [0, 0.05) is 22.8 Å². The number of nitrogens with one attached hydrogen (secondary N) is 1. The third kappa shape index (κ3) is 6.65. The maximum absolute atomic E-state index is 12.5. The highest BCUT2D eigenvalue weighted by atomic mass is 79.9. The van der Waals surface area contributed by atoms with Crippen molar-refractivity contribution in [3.05, 3.63) is 101 Å². The van der Waals surface area contributed by atoms with Crippen LogP contribution in [0.2, 0.25) is 5.02 Å². The van der Waals surface area contributed by atoms with Crippen molar-refractivity contribution in [3.8, 4) is 11.8 Å². The van der Waals surface area contributed by atoms with Crippen molar-refractivity contribution >= 4 is 66.8 Å². The summed E-state index contributed by atoms with van der Waals surface area (Å²) in [5, 5.41) is 23.4. The van der Waals surface area contributed by atoms with Crippen molar-refractivity contribution in [1.82, 2.24) is 0 Å². The van der Waals surface area contributed by atoms with Gasteiger partial charge in [0.1, 0.15) is 24.0 Å². The van der Waals surface area contributed by atoms with E-state index in [4.69, 9.17) is 16.3 Å². The number of rotatable bonds is 7. The fourth-order valence-corrected chi connectivity index (χ4v) is 4.29. The van der Waals surface area contributed by atoms with Gasteiger partial charge in [-0.2, -0.15) is 5.26 Å². The van der Waals surface area contributed by atoms with Crippen LogP contribution in [0, 0.1) is 21.4 Å². The minimum absolute atomic E-state index is 0.00523. The Hall–Kier alpha value is -3.19. The Morgan fingerprint density at radius 1 is 1.12 bits per heavy atom. The zero-order chi connectivity index (χ0) is 24.0. The molecule has 0 fully saturated rings. The van der Waals surface area contributed by atoms with Crippen LogP contribution >= 0.6 is 43.5 Å². The number of carbonyl (C=O) groups is 1. The van der Waals surface area contributed by atoms with Crippen molar-refractivity contribution in [2.24, 2.45) is 0 Å². The SMILES string of the molecule is N#C/C(=C/c1cc(Br)c(OCc2ccc([N+](=O)[O-])cc2)c(Br)c1)C(=O)Nc1ccc(Cl)cc1. The molecule has 0 radical (unpaired) electrons. The van der Waals surface area contributed by atoms with Crippen molar-refractivity contribution in [1.29, 1.82) is 5.26 Å². The molecule has 0 aliphatic heterocycles. The predicted molar refractivity (Wildman–Crippen MR) is 133 cm³/mol. The molecule has 3 aromatic carbocycles. The summed E-state index contributed by atoms with van der Waals surface area (Å²) in [4.78, 5) is 22.8.